The molecule has 0 aliphatic heterocycles. The molecule has 1 aromatic heterocycles. The highest BCUT2D eigenvalue weighted by Crippen LogP contribution is 2.27. The van der Waals surface area contributed by atoms with Gasteiger partial charge in [-0.1, -0.05) is 49.4 Å². The molecule has 0 aliphatic rings. The third-order valence-corrected chi connectivity index (χ3v) is 3.94. The first-order valence-electron chi connectivity index (χ1n) is 6.72. The summed E-state index contributed by atoms with van der Waals surface area (Å²) >= 11 is 1.63. The fourth-order valence-electron chi connectivity index (χ4n) is 2.02. The van der Waals surface area contributed by atoms with Gasteiger partial charge in [0.15, 0.2) is 5.13 Å². The van der Waals surface area contributed by atoms with Crippen LogP contribution in [0.3, 0.4) is 0 Å². The molecule has 0 radical (unpaired) electrons. The van der Waals surface area contributed by atoms with Crippen LogP contribution in [-0.2, 0) is 6.42 Å². The standard InChI is InChI=1S/C17H16N2S/c1-2-13-8-10-15(11-9-13)18-17-19-16(12-20-17)14-6-4-3-5-7-14/h3-12H,2H2,1H3,(H,18,19). The highest BCUT2D eigenvalue weighted by Gasteiger charge is 2.04. The maximum atomic E-state index is 4.63. The van der Waals surface area contributed by atoms with Crippen molar-refractivity contribution in [2.75, 3.05) is 5.32 Å². The molecule has 0 saturated carbocycles. The van der Waals surface area contributed by atoms with Gasteiger partial charge in [0.05, 0.1) is 5.69 Å². The predicted octanol–water partition coefficient (Wildman–Crippen LogP) is 5.12. The minimum absolute atomic E-state index is 0.924. The molecule has 2 nitrogen and oxygen atoms in total. The Kier molecular flexibility index (Phi) is 3.79. The third kappa shape index (κ3) is 2.89. The zero-order chi connectivity index (χ0) is 13.8. The van der Waals surface area contributed by atoms with Crippen LogP contribution < -0.4 is 5.32 Å². The van der Waals surface area contributed by atoms with E-state index >= 15 is 0 Å². The zero-order valence-electron chi connectivity index (χ0n) is 11.3. The van der Waals surface area contributed by atoms with E-state index in [-0.39, 0.29) is 0 Å². The van der Waals surface area contributed by atoms with E-state index in [0.29, 0.717) is 0 Å². The van der Waals surface area contributed by atoms with E-state index in [1.54, 1.807) is 11.3 Å². The second-order valence-corrected chi connectivity index (χ2v) is 5.44. The van der Waals surface area contributed by atoms with Gasteiger partial charge in [-0.15, -0.1) is 11.3 Å². The maximum Gasteiger partial charge on any atom is 0.187 e. The maximum absolute atomic E-state index is 4.63. The number of rotatable bonds is 4. The van der Waals surface area contributed by atoms with Crippen molar-refractivity contribution in [1.29, 1.82) is 0 Å². The van der Waals surface area contributed by atoms with E-state index in [1.165, 1.54) is 5.56 Å². The molecule has 0 bridgehead atoms. The van der Waals surface area contributed by atoms with Crippen molar-refractivity contribution >= 4 is 22.2 Å². The van der Waals surface area contributed by atoms with Crippen LogP contribution in [0.2, 0.25) is 0 Å². The Morgan fingerprint density at radius 2 is 1.75 bits per heavy atom. The normalized spacial score (nSPS) is 10.4. The molecule has 3 heteroatoms. The Labute approximate surface area is 123 Å². The molecule has 3 rings (SSSR count). The van der Waals surface area contributed by atoms with Crippen LogP contribution >= 0.6 is 11.3 Å². The molecule has 100 valence electrons. The largest absolute Gasteiger partial charge is 0.332 e. The molecule has 0 amide bonds. The van der Waals surface area contributed by atoms with Gasteiger partial charge >= 0.3 is 0 Å². The summed E-state index contributed by atoms with van der Waals surface area (Å²) < 4.78 is 0. The lowest BCUT2D eigenvalue weighted by Gasteiger charge is -2.03. The second-order valence-electron chi connectivity index (χ2n) is 4.58. The van der Waals surface area contributed by atoms with Gasteiger partial charge in [0.2, 0.25) is 0 Å². The van der Waals surface area contributed by atoms with Crippen molar-refractivity contribution < 1.29 is 0 Å². The van der Waals surface area contributed by atoms with Crippen molar-refractivity contribution in [2.24, 2.45) is 0 Å². The van der Waals surface area contributed by atoms with Gasteiger partial charge in [0, 0.05) is 16.6 Å². The van der Waals surface area contributed by atoms with Crippen molar-refractivity contribution in [3.05, 3.63) is 65.5 Å². The molecular weight excluding hydrogens is 264 g/mol. The monoisotopic (exact) mass is 280 g/mol. The molecule has 1 heterocycles. The van der Waals surface area contributed by atoms with Crippen LogP contribution in [0, 0.1) is 0 Å². The van der Waals surface area contributed by atoms with Crippen LogP contribution in [0.25, 0.3) is 11.3 Å². The molecule has 0 spiro atoms. The highest BCUT2D eigenvalue weighted by atomic mass is 32.1. The second kappa shape index (κ2) is 5.88. The van der Waals surface area contributed by atoms with Crippen LogP contribution in [0.5, 0.6) is 0 Å². The van der Waals surface area contributed by atoms with Gasteiger partial charge in [-0.05, 0) is 24.1 Å². The van der Waals surface area contributed by atoms with E-state index < -0.39 is 0 Å². The summed E-state index contributed by atoms with van der Waals surface area (Å²) in [5.41, 5.74) is 4.59. The SMILES string of the molecule is CCc1ccc(Nc2nc(-c3ccccc3)cs2)cc1. The number of nitrogens with zero attached hydrogens (tertiary/aromatic N) is 1. The predicted molar refractivity (Wildman–Crippen MR) is 86.7 cm³/mol. The number of aryl methyl sites for hydroxylation is 1. The number of anilines is 2. The Hall–Kier alpha value is -2.13. The van der Waals surface area contributed by atoms with Gasteiger partial charge in [0.1, 0.15) is 0 Å². The van der Waals surface area contributed by atoms with Crippen molar-refractivity contribution in [3.63, 3.8) is 0 Å². The minimum Gasteiger partial charge on any atom is -0.332 e. The average Bonchev–Trinajstić information content (AvgIpc) is 2.97. The molecule has 1 N–H and O–H groups in total. The number of hydrogen-bond acceptors (Lipinski definition) is 3. The summed E-state index contributed by atoms with van der Waals surface area (Å²) in [4.78, 5) is 4.63. The molecule has 0 fully saturated rings. The van der Waals surface area contributed by atoms with Gasteiger partial charge in [0.25, 0.3) is 0 Å². The first-order valence-corrected chi connectivity index (χ1v) is 7.60. The molecular formula is C17H16N2S. The number of aromatic nitrogens is 1. The van der Waals surface area contributed by atoms with Crippen LogP contribution in [0.1, 0.15) is 12.5 Å². The van der Waals surface area contributed by atoms with Crippen molar-refractivity contribution in [3.8, 4) is 11.3 Å². The summed E-state index contributed by atoms with van der Waals surface area (Å²) in [6, 6.07) is 18.7. The van der Waals surface area contributed by atoms with Gasteiger partial charge in [-0.2, -0.15) is 0 Å². The quantitative estimate of drug-likeness (QED) is 0.717. The van der Waals surface area contributed by atoms with Crippen LogP contribution in [0.15, 0.2) is 60.0 Å². The Morgan fingerprint density at radius 1 is 1.00 bits per heavy atom. The average molecular weight is 280 g/mol. The first kappa shape index (κ1) is 12.9. The lowest BCUT2D eigenvalue weighted by molar-refractivity contribution is 1.14. The van der Waals surface area contributed by atoms with Crippen molar-refractivity contribution in [2.45, 2.75) is 13.3 Å². The number of benzene rings is 2. The number of hydrogen-bond donors (Lipinski definition) is 1. The van der Waals surface area contributed by atoms with E-state index in [4.69, 9.17) is 0 Å². The lowest BCUT2D eigenvalue weighted by Crippen LogP contribution is -1.90. The summed E-state index contributed by atoms with van der Waals surface area (Å²) in [6.07, 6.45) is 1.07. The highest BCUT2D eigenvalue weighted by molar-refractivity contribution is 7.14. The molecule has 3 aromatic rings. The van der Waals surface area contributed by atoms with Gasteiger partial charge < -0.3 is 5.32 Å². The Bertz CT molecular complexity index is 672. The Balaban J connectivity index is 1.77. The third-order valence-electron chi connectivity index (χ3n) is 3.19. The first-order chi connectivity index (χ1) is 9.85. The van der Waals surface area contributed by atoms with E-state index in [0.717, 1.165) is 28.5 Å². The summed E-state index contributed by atoms with van der Waals surface area (Å²) in [5, 5.41) is 6.36. The fraction of sp³-hybridized carbons (Fsp3) is 0.118. The van der Waals surface area contributed by atoms with Crippen molar-refractivity contribution in [1.82, 2.24) is 4.98 Å². The van der Waals surface area contributed by atoms with Crippen LogP contribution in [0.4, 0.5) is 10.8 Å². The summed E-state index contributed by atoms with van der Waals surface area (Å²) in [6.45, 7) is 2.16. The minimum atomic E-state index is 0.924. The summed E-state index contributed by atoms with van der Waals surface area (Å²) in [5.74, 6) is 0. The van der Waals surface area contributed by atoms with E-state index in [2.05, 4.69) is 59.0 Å². The van der Waals surface area contributed by atoms with E-state index in [9.17, 15) is 0 Å². The number of nitrogens with one attached hydrogen (secondary N) is 1. The fourth-order valence-corrected chi connectivity index (χ4v) is 2.76. The lowest BCUT2D eigenvalue weighted by atomic mass is 10.1. The van der Waals surface area contributed by atoms with Gasteiger partial charge in [-0.25, -0.2) is 4.98 Å². The number of thiazole rings is 1. The molecule has 0 atom stereocenters. The van der Waals surface area contributed by atoms with E-state index in [1.807, 2.05) is 18.2 Å². The molecule has 20 heavy (non-hydrogen) atoms. The molecule has 0 saturated heterocycles. The van der Waals surface area contributed by atoms with Gasteiger partial charge in [-0.3, -0.25) is 0 Å². The molecule has 2 aromatic carbocycles. The topological polar surface area (TPSA) is 24.9 Å². The molecule has 0 aliphatic carbocycles. The summed E-state index contributed by atoms with van der Waals surface area (Å²) in [7, 11) is 0. The Morgan fingerprint density at radius 3 is 2.45 bits per heavy atom. The zero-order valence-corrected chi connectivity index (χ0v) is 12.2. The smallest absolute Gasteiger partial charge is 0.187 e. The van der Waals surface area contributed by atoms with Crippen LogP contribution in [-0.4, -0.2) is 4.98 Å². The molecule has 0 unspecified atom stereocenters.